The molecule has 0 unspecified atom stereocenters. The van der Waals surface area contributed by atoms with Crippen molar-refractivity contribution in [3.8, 4) is 11.5 Å². The fraction of sp³-hybridized carbons (Fsp3) is 0.167. The zero-order valence-corrected chi connectivity index (χ0v) is 11.9. The zero-order chi connectivity index (χ0) is 15.4. The zero-order valence-electron chi connectivity index (χ0n) is 11.1. The summed E-state index contributed by atoms with van der Waals surface area (Å²) >= 11 is 0.881. The molecule has 1 amide bonds. The largest absolute Gasteiger partial charge is 0.493 e. The summed E-state index contributed by atoms with van der Waals surface area (Å²) in [7, 11) is 2.80. The highest BCUT2D eigenvalue weighted by Gasteiger charge is 2.19. The standard InChI is InChI=1S/C12H11N3O5S/c1-19-9-3-6(12(17)18)7(4-10(9)20-2)14-11(16)8-5-13-21-15-8/h3-5H,1-2H3,(H,14,16)(H,17,18). The Morgan fingerprint density at radius 2 is 1.90 bits per heavy atom. The first kappa shape index (κ1) is 14.7. The van der Waals surface area contributed by atoms with Gasteiger partial charge >= 0.3 is 5.97 Å². The number of nitrogens with zero attached hydrogens (tertiary/aromatic N) is 2. The third kappa shape index (κ3) is 3.08. The van der Waals surface area contributed by atoms with E-state index in [2.05, 4.69) is 14.1 Å². The minimum Gasteiger partial charge on any atom is -0.493 e. The summed E-state index contributed by atoms with van der Waals surface area (Å²) in [6.07, 6.45) is 1.29. The maximum absolute atomic E-state index is 11.9. The molecular weight excluding hydrogens is 298 g/mol. The van der Waals surface area contributed by atoms with Crippen molar-refractivity contribution in [1.29, 1.82) is 0 Å². The molecule has 0 spiro atoms. The maximum atomic E-state index is 11.9. The monoisotopic (exact) mass is 309 g/mol. The molecule has 0 saturated carbocycles. The van der Waals surface area contributed by atoms with E-state index in [-0.39, 0.29) is 22.7 Å². The van der Waals surface area contributed by atoms with E-state index in [1.165, 1.54) is 32.5 Å². The summed E-state index contributed by atoms with van der Waals surface area (Å²) in [6.45, 7) is 0. The molecule has 1 aromatic heterocycles. The van der Waals surface area contributed by atoms with Gasteiger partial charge in [0.1, 0.15) is 0 Å². The first-order valence-electron chi connectivity index (χ1n) is 5.65. The lowest BCUT2D eigenvalue weighted by atomic mass is 10.1. The highest BCUT2D eigenvalue weighted by Crippen LogP contribution is 2.33. The van der Waals surface area contributed by atoms with E-state index >= 15 is 0 Å². The topological polar surface area (TPSA) is 111 Å². The number of nitrogens with one attached hydrogen (secondary N) is 1. The molecule has 0 aliphatic carbocycles. The number of aromatic nitrogens is 2. The summed E-state index contributed by atoms with van der Waals surface area (Å²) in [6, 6.07) is 2.65. The molecule has 0 bridgehead atoms. The number of carbonyl (C=O) groups is 2. The quantitative estimate of drug-likeness (QED) is 0.861. The Balaban J connectivity index is 2.41. The number of hydrogen-bond acceptors (Lipinski definition) is 7. The van der Waals surface area contributed by atoms with Crippen LogP contribution < -0.4 is 14.8 Å². The van der Waals surface area contributed by atoms with Crippen LogP contribution in [0.15, 0.2) is 18.3 Å². The minimum atomic E-state index is -1.21. The van der Waals surface area contributed by atoms with Gasteiger partial charge in [-0.1, -0.05) is 0 Å². The molecule has 9 heteroatoms. The number of anilines is 1. The van der Waals surface area contributed by atoms with E-state index in [4.69, 9.17) is 9.47 Å². The number of carbonyl (C=O) groups excluding carboxylic acids is 1. The van der Waals surface area contributed by atoms with Crippen LogP contribution in [0.4, 0.5) is 5.69 Å². The van der Waals surface area contributed by atoms with Gasteiger partial charge < -0.3 is 19.9 Å². The molecule has 2 rings (SSSR count). The second-order valence-corrected chi connectivity index (χ2v) is 4.36. The molecular formula is C12H11N3O5S. The van der Waals surface area contributed by atoms with Crippen LogP contribution in [0.2, 0.25) is 0 Å². The van der Waals surface area contributed by atoms with Crippen LogP contribution in [-0.4, -0.2) is 39.9 Å². The number of amides is 1. The van der Waals surface area contributed by atoms with Crippen LogP contribution in [0.1, 0.15) is 20.8 Å². The molecule has 0 radical (unpaired) electrons. The maximum Gasteiger partial charge on any atom is 0.337 e. The summed E-state index contributed by atoms with van der Waals surface area (Å²) in [4.78, 5) is 23.2. The average Bonchev–Trinajstić information content (AvgIpc) is 3.00. The molecule has 0 aliphatic heterocycles. The molecule has 0 atom stereocenters. The van der Waals surface area contributed by atoms with Crippen LogP contribution >= 0.6 is 11.7 Å². The number of hydrogen-bond donors (Lipinski definition) is 2. The van der Waals surface area contributed by atoms with Crippen molar-refractivity contribution in [3.63, 3.8) is 0 Å². The Labute approximate surface area is 123 Å². The van der Waals surface area contributed by atoms with Crippen LogP contribution in [0.5, 0.6) is 11.5 Å². The van der Waals surface area contributed by atoms with Gasteiger partial charge in [-0.3, -0.25) is 4.79 Å². The number of ether oxygens (including phenoxy) is 2. The van der Waals surface area contributed by atoms with E-state index in [0.29, 0.717) is 5.75 Å². The van der Waals surface area contributed by atoms with Crippen molar-refractivity contribution < 1.29 is 24.2 Å². The molecule has 2 aromatic rings. The van der Waals surface area contributed by atoms with E-state index in [0.717, 1.165) is 11.7 Å². The van der Waals surface area contributed by atoms with Gasteiger partial charge in [0.05, 0.1) is 43.4 Å². The highest BCUT2D eigenvalue weighted by molar-refractivity contribution is 6.99. The molecule has 1 aromatic carbocycles. The van der Waals surface area contributed by atoms with Gasteiger partial charge in [0.15, 0.2) is 17.2 Å². The summed E-state index contributed by atoms with van der Waals surface area (Å²) in [5, 5.41) is 11.7. The number of carboxylic acid groups (broad SMARTS) is 1. The molecule has 21 heavy (non-hydrogen) atoms. The lowest BCUT2D eigenvalue weighted by Gasteiger charge is -2.13. The van der Waals surface area contributed by atoms with Gasteiger partial charge in [-0.15, -0.1) is 0 Å². The van der Waals surface area contributed by atoms with E-state index in [1.807, 2.05) is 0 Å². The third-order valence-corrected chi connectivity index (χ3v) is 3.07. The number of rotatable bonds is 5. The first-order valence-corrected chi connectivity index (χ1v) is 6.38. The van der Waals surface area contributed by atoms with Crippen molar-refractivity contribution >= 4 is 29.3 Å². The molecule has 0 aliphatic rings. The van der Waals surface area contributed by atoms with Gasteiger partial charge in [-0.2, -0.15) is 8.75 Å². The molecule has 110 valence electrons. The third-order valence-electron chi connectivity index (χ3n) is 2.60. The second kappa shape index (κ2) is 6.18. The Morgan fingerprint density at radius 3 is 2.43 bits per heavy atom. The van der Waals surface area contributed by atoms with Crippen molar-refractivity contribution in [2.75, 3.05) is 19.5 Å². The van der Waals surface area contributed by atoms with Crippen molar-refractivity contribution in [1.82, 2.24) is 8.75 Å². The van der Waals surface area contributed by atoms with Gasteiger partial charge in [-0.05, 0) is 0 Å². The number of methoxy groups -OCH3 is 2. The summed E-state index contributed by atoms with van der Waals surface area (Å²) in [5.41, 5.74) is 0.0634. The fourth-order valence-corrected chi connectivity index (χ4v) is 2.02. The van der Waals surface area contributed by atoms with Crippen LogP contribution in [0, 0.1) is 0 Å². The summed E-state index contributed by atoms with van der Waals surface area (Å²) in [5.74, 6) is -1.21. The predicted molar refractivity (Wildman–Crippen MR) is 74.4 cm³/mol. The van der Waals surface area contributed by atoms with Gasteiger partial charge in [0, 0.05) is 12.1 Å². The van der Waals surface area contributed by atoms with Crippen molar-refractivity contribution in [2.45, 2.75) is 0 Å². The normalized spacial score (nSPS) is 10.0. The van der Waals surface area contributed by atoms with Crippen LogP contribution in [0.25, 0.3) is 0 Å². The number of carboxylic acids is 1. The van der Waals surface area contributed by atoms with Crippen LogP contribution in [0.3, 0.4) is 0 Å². The Kier molecular flexibility index (Phi) is 4.33. The highest BCUT2D eigenvalue weighted by atomic mass is 32.1. The number of aromatic carboxylic acids is 1. The Hall–Kier alpha value is -2.68. The molecule has 8 nitrogen and oxygen atoms in total. The molecule has 1 heterocycles. The average molecular weight is 309 g/mol. The second-order valence-electron chi connectivity index (χ2n) is 3.80. The van der Waals surface area contributed by atoms with Gasteiger partial charge in [-0.25, -0.2) is 4.79 Å². The lowest BCUT2D eigenvalue weighted by Crippen LogP contribution is -2.15. The first-order chi connectivity index (χ1) is 10.1. The van der Waals surface area contributed by atoms with Gasteiger partial charge in [0.2, 0.25) is 0 Å². The lowest BCUT2D eigenvalue weighted by molar-refractivity contribution is 0.0697. The SMILES string of the molecule is COc1cc(NC(=O)c2cnsn2)c(C(=O)O)cc1OC. The molecule has 2 N–H and O–H groups in total. The predicted octanol–water partition coefficient (Wildman–Crippen LogP) is 1.51. The van der Waals surface area contributed by atoms with Crippen LogP contribution in [-0.2, 0) is 0 Å². The number of benzene rings is 1. The van der Waals surface area contributed by atoms with E-state index in [1.54, 1.807) is 0 Å². The van der Waals surface area contributed by atoms with Crippen molar-refractivity contribution in [3.05, 3.63) is 29.6 Å². The van der Waals surface area contributed by atoms with E-state index < -0.39 is 11.9 Å². The Morgan fingerprint density at radius 1 is 1.24 bits per heavy atom. The molecule has 0 saturated heterocycles. The van der Waals surface area contributed by atoms with Crippen molar-refractivity contribution in [2.24, 2.45) is 0 Å². The van der Waals surface area contributed by atoms with E-state index in [9.17, 15) is 14.7 Å². The fourth-order valence-electron chi connectivity index (χ4n) is 1.61. The molecule has 0 fully saturated rings. The smallest absolute Gasteiger partial charge is 0.337 e. The minimum absolute atomic E-state index is 0.0816. The Bertz CT molecular complexity index is 672. The summed E-state index contributed by atoms with van der Waals surface area (Å²) < 4.78 is 17.6. The van der Waals surface area contributed by atoms with Gasteiger partial charge in [0.25, 0.3) is 5.91 Å².